The van der Waals surface area contributed by atoms with Gasteiger partial charge in [0.25, 0.3) is 0 Å². The lowest BCUT2D eigenvalue weighted by atomic mass is 9.94. The van der Waals surface area contributed by atoms with Crippen LogP contribution in [0.15, 0.2) is 77.7 Å². The van der Waals surface area contributed by atoms with Crippen molar-refractivity contribution < 1.29 is 8.42 Å². The third kappa shape index (κ3) is 3.06. The first kappa shape index (κ1) is 19.1. The maximum absolute atomic E-state index is 13.7. The predicted molar refractivity (Wildman–Crippen MR) is 120 cm³/mol. The van der Waals surface area contributed by atoms with Crippen LogP contribution in [0.3, 0.4) is 0 Å². The van der Waals surface area contributed by atoms with Gasteiger partial charge in [-0.1, -0.05) is 60.2 Å². The normalized spacial score (nSPS) is 17.2. The summed E-state index contributed by atoms with van der Waals surface area (Å²) in [6.07, 6.45) is 0.687. The molecule has 2 heterocycles. The molecule has 0 spiro atoms. The van der Waals surface area contributed by atoms with Gasteiger partial charge in [0.15, 0.2) is 0 Å². The highest BCUT2D eigenvalue weighted by molar-refractivity contribution is 7.89. The van der Waals surface area contributed by atoms with Crippen molar-refractivity contribution in [3.8, 4) is 0 Å². The molecular weight excluding hydrogens is 392 g/mol. The average molecular weight is 417 g/mol. The molecule has 0 radical (unpaired) electrons. The molecule has 0 bridgehead atoms. The number of nitrogens with zero attached hydrogens (tertiary/aromatic N) is 1. The Hall–Kier alpha value is -2.89. The molecule has 0 fully saturated rings. The van der Waals surface area contributed by atoms with Crippen molar-refractivity contribution >= 4 is 20.9 Å². The molecule has 1 atom stereocenters. The Balaban J connectivity index is 1.72. The van der Waals surface area contributed by atoms with Crippen molar-refractivity contribution in [3.63, 3.8) is 0 Å². The predicted octanol–water partition coefficient (Wildman–Crippen LogP) is 5.12. The number of para-hydroxylation sites is 1. The van der Waals surface area contributed by atoms with E-state index in [1.54, 1.807) is 22.5 Å². The van der Waals surface area contributed by atoms with Crippen molar-refractivity contribution in [1.29, 1.82) is 0 Å². The Bertz CT molecular complexity index is 1340. The number of sulfonamides is 1. The third-order valence-electron chi connectivity index (χ3n) is 5.98. The molecule has 1 aromatic heterocycles. The van der Waals surface area contributed by atoms with Crippen molar-refractivity contribution in [2.45, 2.75) is 31.2 Å². The molecule has 0 saturated heterocycles. The van der Waals surface area contributed by atoms with E-state index in [-0.39, 0.29) is 6.04 Å². The fourth-order valence-corrected chi connectivity index (χ4v) is 6.16. The van der Waals surface area contributed by atoms with E-state index in [4.69, 9.17) is 0 Å². The van der Waals surface area contributed by atoms with Crippen LogP contribution in [0.1, 0.15) is 34.0 Å². The second-order valence-electron chi connectivity index (χ2n) is 8.06. The largest absolute Gasteiger partial charge is 0.357 e. The zero-order valence-corrected chi connectivity index (χ0v) is 17.9. The van der Waals surface area contributed by atoms with Gasteiger partial charge in [-0.05, 0) is 55.2 Å². The fourth-order valence-electron chi connectivity index (χ4n) is 4.47. The Labute approximate surface area is 177 Å². The minimum atomic E-state index is -3.66. The van der Waals surface area contributed by atoms with Gasteiger partial charge in [0.1, 0.15) is 0 Å². The monoisotopic (exact) mass is 416 g/mol. The Morgan fingerprint density at radius 3 is 2.43 bits per heavy atom. The third-order valence-corrected chi connectivity index (χ3v) is 7.84. The molecule has 4 aromatic rings. The summed E-state index contributed by atoms with van der Waals surface area (Å²) in [4.78, 5) is 3.88. The quantitative estimate of drug-likeness (QED) is 0.504. The first-order chi connectivity index (χ1) is 14.4. The summed E-state index contributed by atoms with van der Waals surface area (Å²) in [7, 11) is -3.66. The molecule has 5 heteroatoms. The standard InChI is InChI=1S/C25H24N2O2S/c1-17-10-12-19(13-11-17)25-24-22(21-8-3-4-9-23(21)26-24)14-15-27(25)30(28,29)20-7-5-6-18(2)16-20/h3-13,16,25-26H,14-15H2,1-2H3/t25-/m1/s1. The lowest BCUT2D eigenvalue weighted by Crippen LogP contribution is -2.40. The maximum Gasteiger partial charge on any atom is 0.244 e. The van der Waals surface area contributed by atoms with E-state index in [0.717, 1.165) is 27.9 Å². The van der Waals surface area contributed by atoms with Crippen LogP contribution in [0.2, 0.25) is 0 Å². The summed E-state index contributed by atoms with van der Waals surface area (Å²) in [5.74, 6) is 0. The lowest BCUT2D eigenvalue weighted by Gasteiger charge is -2.35. The topological polar surface area (TPSA) is 53.2 Å². The number of H-pyrrole nitrogens is 1. The van der Waals surface area contributed by atoms with Crippen molar-refractivity contribution in [2.24, 2.45) is 0 Å². The molecule has 1 aliphatic heterocycles. The van der Waals surface area contributed by atoms with Gasteiger partial charge in [0.05, 0.1) is 10.9 Å². The molecule has 1 aliphatic rings. The van der Waals surface area contributed by atoms with Crippen molar-refractivity contribution in [3.05, 3.63) is 101 Å². The van der Waals surface area contributed by atoms with Crippen molar-refractivity contribution in [1.82, 2.24) is 9.29 Å². The highest BCUT2D eigenvalue weighted by atomic mass is 32.2. The Morgan fingerprint density at radius 2 is 1.67 bits per heavy atom. The van der Waals surface area contributed by atoms with Gasteiger partial charge < -0.3 is 4.98 Å². The smallest absolute Gasteiger partial charge is 0.244 e. The first-order valence-corrected chi connectivity index (χ1v) is 11.6. The number of benzene rings is 3. The molecule has 30 heavy (non-hydrogen) atoms. The zero-order valence-electron chi connectivity index (χ0n) is 17.1. The summed E-state index contributed by atoms with van der Waals surface area (Å²) < 4.78 is 29.1. The molecule has 0 unspecified atom stereocenters. The number of aromatic nitrogens is 1. The number of hydrogen-bond donors (Lipinski definition) is 1. The highest BCUT2D eigenvalue weighted by Crippen LogP contribution is 2.41. The summed E-state index contributed by atoms with van der Waals surface area (Å²) in [6.45, 7) is 4.41. The van der Waals surface area contributed by atoms with E-state index in [1.165, 1.54) is 10.9 Å². The minimum absolute atomic E-state index is 0.346. The lowest BCUT2D eigenvalue weighted by molar-refractivity contribution is 0.340. The van der Waals surface area contributed by atoms with Gasteiger partial charge in [0, 0.05) is 23.1 Å². The number of rotatable bonds is 3. The number of fused-ring (bicyclic) bond motifs is 3. The molecule has 4 nitrogen and oxygen atoms in total. The van der Waals surface area contributed by atoms with Gasteiger partial charge in [-0.25, -0.2) is 8.42 Å². The van der Waals surface area contributed by atoms with Crippen molar-refractivity contribution in [2.75, 3.05) is 6.54 Å². The van der Waals surface area contributed by atoms with E-state index in [2.05, 4.69) is 17.1 Å². The van der Waals surface area contributed by atoms with Gasteiger partial charge >= 0.3 is 0 Å². The fraction of sp³-hybridized carbons (Fsp3) is 0.200. The van der Waals surface area contributed by atoms with Crippen LogP contribution < -0.4 is 0 Å². The van der Waals surface area contributed by atoms with E-state index in [0.29, 0.717) is 17.9 Å². The molecule has 0 amide bonds. The molecule has 0 saturated carbocycles. The van der Waals surface area contributed by atoms with Crippen LogP contribution in [0.5, 0.6) is 0 Å². The summed E-state index contributed by atoms with van der Waals surface area (Å²) in [5, 5.41) is 1.18. The Kier molecular flexibility index (Phi) is 4.53. The summed E-state index contributed by atoms with van der Waals surface area (Å²) in [6, 6.07) is 23.2. The SMILES string of the molecule is Cc1ccc([C@@H]2c3[nH]c4ccccc4c3CCN2S(=O)(=O)c2cccc(C)c2)cc1. The second-order valence-corrected chi connectivity index (χ2v) is 9.95. The van der Waals surface area contributed by atoms with E-state index in [1.807, 2.05) is 56.3 Å². The molecule has 1 N–H and O–H groups in total. The van der Waals surface area contributed by atoms with Gasteiger partial charge in [-0.2, -0.15) is 4.31 Å². The minimum Gasteiger partial charge on any atom is -0.357 e. The molecule has 3 aromatic carbocycles. The van der Waals surface area contributed by atoms with Crippen LogP contribution in [-0.4, -0.2) is 24.3 Å². The van der Waals surface area contributed by atoms with Crippen LogP contribution in [0.4, 0.5) is 0 Å². The van der Waals surface area contributed by atoms with Gasteiger partial charge in [-0.15, -0.1) is 0 Å². The first-order valence-electron chi connectivity index (χ1n) is 10.2. The van der Waals surface area contributed by atoms with Crippen LogP contribution >= 0.6 is 0 Å². The van der Waals surface area contributed by atoms with Crippen LogP contribution in [0, 0.1) is 13.8 Å². The molecule has 152 valence electrons. The van der Waals surface area contributed by atoms with E-state index >= 15 is 0 Å². The maximum atomic E-state index is 13.7. The van der Waals surface area contributed by atoms with Gasteiger partial charge in [0.2, 0.25) is 10.0 Å². The van der Waals surface area contributed by atoms with Crippen LogP contribution in [0.25, 0.3) is 10.9 Å². The average Bonchev–Trinajstić information content (AvgIpc) is 3.12. The van der Waals surface area contributed by atoms with Crippen LogP contribution in [-0.2, 0) is 16.4 Å². The zero-order chi connectivity index (χ0) is 20.9. The molecule has 0 aliphatic carbocycles. The Morgan fingerprint density at radius 1 is 0.900 bits per heavy atom. The second kappa shape index (κ2) is 7.11. The van der Waals surface area contributed by atoms with E-state index in [9.17, 15) is 8.42 Å². The number of hydrogen-bond acceptors (Lipinski definition) is 2. The highest BCUT2D eigenvalue weighted by Gasteiger charge is 2.39. The number of aryl methyl sites for hydroxylation is 2. The number of nitrogens with one attached hydrogen (secondary N) is 1. The molecule has 5 rings (SSSR count). The van der Waals surface area contributed by atoms with Gasteiger partial charge in [-0.3, -0.25) is 0 Å². The number of aromatic amines is 1. The summed E-state index contributed by atoms with van der Waals surface area (Å²) in [5.41, 5.74) is 6.30. The van der Waals surface area contributed by atoms with E-state index < -0.39 is 10.0 Å². The molecular formula is C25H24N2O2S. The summed E-state index contributed by atoms with van der Waals surface area (Å²) >= 11 is 0.